The van der Waals surface area contributed by atoms with Crippen LogP contribution in [0.5, 0.6) is 0 Å². The number of nitro groups is 1. The van der Waals surface area contributed by atoms with E-state index < -0.39 is 4.92 Å². The van der Waals surface area contributed by atoms with Gasteiger partial charge in [-0.3, -0.25) is 10.1 Å². The van der Waals surface area contributed by atoms with Gasteiger partial charge < -0.3 is 5.73 Å². The van der Waals surface area contributed by atoms with Gasteiger partial charge in [-0.1, -0.05) is 19.9 Å². The van der Waals surface area contributed by atoms with Gasteiger partial charge in [0.15, 0.2) is 0 Å². The van der Waals surface area contributed by atoms with Crippen LogP contribution in [0.1, 0.15) is 31.5 Å². The monoisotopic (exact) mass is 272 g/mol. The quantitative estimate of drug-likeness (QED) is 0.672. The predicted octanol–water partition coefficient (Wildman–Crippen LogP) is 2.59. The first kappa shape index (κ1) is 12.7. The standard InChI is InChI=1S/C14H16N4O2/c1-14(2)7-6-11-12(14)13(15)17(16-11)9-4-3-5-10(8-9)18(19)20/h3-5,8H,6-7,15H2,1-2H3. The van der Waals surface area contributed by atoms with E-state index in [1.165, 1.54) is 12.1 Å². The number of fused-ring (bicyclic) bond motifs is 1. The second-order valence-electron chi connectivity index (χ2n) is 5.78. The Bertz CT molecular complexity index is 703. The molecule has 2 aromatic rings. The Morgan fingerprint density at radius 1 is 1.45 bits per heavy atom. The maximum absolute atomic E-state index is 10.9. The van der Waals surface area contributed by atoms with E-state index >= 15 is 0 Å². The van der Waals surface area contributed by atoms with E-state index in [0.717, 1.165) is 24.1 Å². The summed E-state index contributed by atoms with van der Waals surface area (Å²) in [6.45, 7) is 4.29. The Hall–Kier alpha value is -2.37. The molecule has 20 heavy (non-hydrogen) atoms. The highest BCUT2D eigenvalue weighted by molar-refractivity contribution is 5.56. The maximum atomic E-state index is 10.9. The van der Waals surface area contributed by atoms with Gasteiger partial charge in [0.05, 0.1) is 16.3 Å². The van der Waals surface area contributed by atoms with Gasteiger partial charge in [-0.2, -0.15) is 5.10 Å². The van der Waals surface area contributed by atoms with Crippen molar-refractivity contribution in [3.8, 4) is 5.69 Å². The molecule has 0 aliphatic heterocycles. The zero-order valence-electron chi connectivity index (χ0n) is 11.5. The minimum absolute atomic E-state index is 0.0123. The summed E-state index contributed by atoms with van der Waals surface area (Å²) < 4.78 is 1.61. The number of nitrogens with zero attached hydrogens (tertiary/aromatic N) is 3. The highest BCUT2D eigenvalue weighted by Crippen LogP contribution is 2.42. The molecule has 0 radical (unpaired) electrons. The Kier molecular flexibility index (Phi) is 2.57. The molecule has 3 rings (SSSR count). The number of hydrogen-bond acceptors (Lipinski definition) is 4. The molecule has 0 amide bonds. The summed E-state index contributed by atoms with van der Waals surface area (Å²) >= 11 is 0. The van der Waals surface area contributed by atoms with Crippen molar-refractivity contribution in [3.63, 3.8) is 0 Å². The lowest BCUT2D eigenvalue weighted by Crippen LogP contribution is -2.15. The van der Waals surface area contributed by atoms with Gasteiger partial charge in [-0.15, -0.1) is 0 Å². The first-order valence-corrected chi connectivity index (χ1v) is 6.53. The van der Waals surface area contributed by atoms with Crippen molar-refractivity contribution in [3.05, 3.63) is 45.6 Å². The van der Waals surface area contributed by atoms with Crippen LogP contribution in [0.3, 0.4) is 0 Å². The van der Waals surface area contributed by atoms with Crippen LogP contribution in [0.2, 0.25) is 0 Å². The Morgan fingerprint density at radius 2 is 2.20 bits per heavy atom. The summed E-state index contributed by atoms with van der Waals surface area (Å²) in [5, 5.41) is 15.4. The summed E-state index contributed by atoms with van der Waals surface area (Å²) in [6.07, 6.45) is 1.93. The molecule has 6 heteroatoms. The average molecular weight is 272 g/mol. The van der Waals surface area contributed by atoms with Crippen molar-refractivity contribution in [1.82, 2.24) is 9.78 Å². The average Bonchev–Trinajstić information content (AvgIpc) is 2.89. The third kappa shape index (κ3) is 1.76. The Morgan fingerprint density at radius 3 is 2.85 bits per heavy atom. The number of anilines is 1. The van der Waals surface area contributed by atoms with Crippen LogP contribution in [-0.2, 0) is 11.8 Å². The van der Waals surface area contributed by atoms with Gasteiger partial charge in [-0.05, 0) is 24.3 Å². The van der Waals surface area contributed by atoms with Crippen LogP contribution in [0.15, 0.2) is 24.3 Å². The molecular weight excluding hydrogens is 256 g/mol. The highest BCUT2D eigenvalue weighted by atomic mass is 16.6. The minimum atomic E-state index is -0.416. The van der Waals surface area contributed by atoms with Gasteiger partial charge in [0.1, 0.15) is 5.82 Å². The van der Waals surface area contributed by atoms with Gasteiger partial charge >= 0.3 is 0 Å². The van der Waals surface area contributed by atoms with Crippen LogP contribution in [-0.4, -0.2) is 14.7 Å². The van der Waals surface area contributed by atoms with E-state index in [1.807, 2.05) is 0 Å². The van der Waals surface area contributed by atoms with E-state index in [4.69, 9.17) is 5.73 Å². The predicted molar refractivity (Wildman–Crippen MR) is 76.0 cm³/mol. The van der Waals surface area contributed by atoms with Crippen molar-refractivity contribution in [1.29, 1.82) is 0 Å². The molecule has 0 fully saturated rings. The molecule has 1 aromatic heterocycles. The molecule has 0 atom stereocenters. The number of non-ortho nitro benzene ring substituents is 1. The molecule has 0 saturated carbocycles. The lowest BCUT2D eigenvalue weighted by atomic mass is 9.87. The molecule has 1 aromatic carbocycles. The Balaban J connectivity index is 2.13. The highest BCUT2D eigenvalue weighted by Gasteiger charge is 2.36. The van der Waals surface area contributed by atoms with Crippen molar-refractivity contribution in [2.45, 2.75) is 32.1 Å². The second-order valence-corrected chi connectivity index (χ2v) is 5.78. The molecule has 104 valence electrons. The van der Waals surface area contributed by atoms with Crippen LogP contribution in [0, 0.1) is 10.1 Å². The number of nitrogens with two attached hydrogens (primary N) is 1. The van der Waals surface area contributed by atoms with Gasteiger partial charge in [0.2, 0.25) is 0 Å². The molecule has 6 nitrogen and oxygen atoms in total. The molecule has 0 spiro atoms. The van der Waals surface area contributed by atoms with E-state index in [-0.39, 0.29) is 11.1 Å². The van der Waals surface area contributed by atoms with Crippen LogP contribution in [0.25, 0.3) is 5.69 Å². The molecular formula is C14H16N4O2. The van der Waals surface area contributed by atoms with Crippen LogP contribution >= 0.6 is 0 Å². The number of benzene rings is 1. The summed E-state index contributed by atoms with van der Waals surface area (Å²) in [5.74, 6) is 0.586. The van der Waals surface area contributed by atoms with Crippen molar-refractivity contribution >= 4 is 11.5 Å². The lowest BCUT2D eigenvalue weighted by molar-refractivity contribution is -0.384. The molecule has 1 aliphatic rings. The topological polar surface area (TPSA) is 87.0 Å². The fraction of sp³-hybridized carbons (Fsp3) is 0.357. The van der Waals surface area contributed by atoms with Crippen molar-refractivity contribution in [2.75, 3.05) is 5.73 Å². The SMILES string of the molecule is CC1(C)CCc2nn(-c3cccc([N+](=O)[O-])c3)c(N)c21. The molecule has 1 aliphatic carbocycles. The second kappa shape index (κ2) is 4.06. The number of aromatic nitrogens is 2. The smallest absolute Gasteiger partial charge is 0.271 e. The van der Waals surface area contributed by atoms with Crippen LogP contribution < -0.4 is 5.73 Å². The largest absolute Gasteiger partial charge is 0.383 e. The molecule has 0 unspecified atom stereocenters. The number of rotatable bonds is 2. The number of nitro benzene ring substituents is 1. The maximum Gasteiger partial charge on any atom is 0.271 e. The number of nitrogen functional groups attached to an aromatic ring is 1. The van der Waals surface area contributed by atoms with Gasteiger partial charge in [0.25, 0.3) is 5.69 Å². The molecule has 1 heterocycles. The third-order valence-corrected chi connectivity index (χ3v) is 3.94. The zero-order chi connectivity index (χ0) is 14.5. The number of hydrogen-bond donors (Lipinski definition) is 1. The zero-order valence-corrected chi connectivity index (χ0v) is 11.5. The summed E-state index contributed by atoms with van der Waals surface area (Å²) in [4.78, 5) is 10.4. The van der Waals surface area contributed by atoms with Crippen molar-refractivity contribution in [2.24, 2.45) is 0 Å². The third-order valence-electron chi connectivity index (χ3n) is 3.94. The Labute approximate surface area is 116 Å². The van der Waals surface area contributed by atoms with Gasteiger partial charge in [0, 0.05) is 17.7 Å². The normalized spacial score (nSPS) is 16.1. The summed E-state index contributed by atoms with van der Waals surface area (Å²) in [6, 6.07) is 6.37. The summed E-state index contributed by atoms with van der Waals surface area (Å²) in [7, 11) is 0. The number of aryl methyl sites for hydroxylation is 1. The van der Waals surface area contributed by atoms with E-state index in [2.05, 4.69) is 18.9 Å². The van der Waals surface area contributed by atoms with E-state index in [9.17, 15) is 10.1 Å². The summed E-state index contributed by atoms with van der Waals surface area (Å²) in [5.41, 5.74) is 8.97. The first-order valence-electron chi connectivity index (χ1n) is 6.53. The fourth-order valence-electron chi connectivity index (χ4n) is 2.88. The molecule has 2 N–H and O–H groups in total. The first-order chi connectivity index (χ1) is 9.40. The van der Waals surface area contributed by atoms with E-state index in [1.54, 1.807) is 16.8 Å². The fourth-order valence-corrected chi connectivity index (χ4v) is 2.88. The minimum Gasteiger partial charge on any atom is -0.383 e. The lowest BCUT2D eigenvalue weighted by Gasteiger charge is -2.18. The van der Waals surface area contributed by atoms with Gasteiger partial charge in [-0.25, -0.2) is 4.68 Å². The van der Waals surface area contributed by atoms with Crippen molar-refractivity contribution < 1.29 is 4.92 Å². The van der Waals surface area contributed by atoms with E-state index in [0.29, 0.717) is 11.5 Å². The molecule has 0 bridgehead atoms. The van der Waals surface area contributed by atoms with Crippen LogP contribution in [0.4, 0.5) is 11.5 Å². The molecule has 0 saturated heterocycles.